The molecule has 14 heavy (non-hydrogen) atoms. The summed E-state index contributed by atoms with van der Waals surface area (Å²) in [7, 11) is -0.851. The lowest BCUT2D eigenvalue weighted by Gasteiger charge is -2.10. The van der Waals surface area contributed by atoms with E-state index >= 15 is 0 Å². The van der Waals surface area contributed by atoms with E-state index in [-0.39, 0.29) is 5.25 Å². The van der Waals surface area contributed by atoms with Gasteiger partial charge in [0, 0.05) is 28.3 Å². The Morgan fingerprint density at radius 3 is 2.64 bits per heavy atom. The van der Waals surface area contributed by atoms with Crippen LogP contribution >= 0.6 is 0 Å². The Labute approximate surface area is 88.0 Å². The predicted molar refractivity (Wildman–Crippen MR) is 61.5 cm³/mol. The third kappa shape index (κ3) is 2.93. The van der Waals surface area contributed by atoms with Crippen LogP contribution in [0.15, 0.2) is 24.3 Å². The zero-order valence-electron chi connectivity index (χ0n) is 8.69. The van der Waals surface area contributed by atoms with E-state index in [9.17, 15) is 4.21 Å². The molecule has 2 N–H and O–H groups in total. The van der Waals surface area contributed by atoms with E-state index in [1.165, 1.54) is 5.56 Å². The molecular formula is C11H17NOS. The first-order valence-corrected chi connectivity index (χ1v) is 6.15. The van der Waals surface area contributed by atoms with E-state index in [0.717, 1.165) is 5.56 Å². The summed E-state index contributed by atoms with van der Waals surface area (Å²) in [6.45, 7) is 4.45. The molecule has 2 unspecified atom stereocenters. The summed E-state index contributed by atoms with van der Waals surface area (Å²) in [5.41, 5.74) is 7.83. The van der Waals surface area contributed by atoms with Gasteiger partial charge in [-0.2, -0.15) is 0 Å². The summed E-state index contributed by atoms with van der Waals surface area (Å²) in [5.74, 6) is 0.616. The van der Waals surface area contributed by atoms with E-state index < -0.39 is 10.8 Å². The molecule has 2 nitrogen and oxygen atoms in total. The summed E-state index contributed by atoms with van der Waals surface area (Å²) in [5, 5.41) is 0.0783. The minimum Gasteiger partial charge on any atom is -0.329 e. The number of nitrogens with two attached hydrogens (primary N) is 1. The third-order valence-corrected chi connectivity index (χ3v) is 4.03. The molecule has 2 atom stereocenters. The van der Waals surface area contributed by atoms with Crippen LogP contribution in [-0.4, -0.2) is 16.0 Å². The second-order valence-electron chi connectivity index (χ2n) is 3.50. The van der Waals surface area contributed by atoms with Crippen LogP contribution in [-0.2, 0) is 16.6 Å². The van der Waals surface area contributed by atoms with E-state index in [1.807, 2.05) is 38.1 Å². The molecular weight excluding hydrogens is 194 g/mol. The van der Waals surface area contributed by atoms with E-state index in [1.54, 1.807) is 0 Å². The fraction of sp³-hybridized carbons (Fsp3) is 0.455. The first-order valence-electron chi connectivity index (χ1n) is 4.77. The van der Waals surface area contributed by atoms with E-state index in [0.29, 0.717) is 12.3 Å². The van der Waals surface area contributed by atoms with Crippen LogP contribution in [0.5, 0.6) is 0 Å². The average Bonchev–Trinajstić information content (AvgIpc) is 2.20. The maximum absolute atomic E-state index is 11.7. The van der Waals surface area contributed by atoms with Gasteiger partial charge in [0.05, 0.1) is 0 Å². The molecule has 0 heterocycles. The Hall–Kier alpha value is -0.670. The number of rotatable bonds is 4. The van der Waals surface area contributed by atoms with Gasteiger partial charge in [0.15, 0.2) is 0 Å². The number of aryl methyl sites for hydroxylation is 1. The van der Waals surface area contributed by atoms with Gasteiger partial charge in [-0.1, -0.05) is 24.3 Å². The quantitative estimate of drug-likeness (QED) is 0.822. The highest BCUT2D eigenvalue weighted by molar-refractivity contribution is 7.84. The molecule has 1 aromatic carbocycles. The fourth-order valence-electron chi connectivity index (χ4n) is 1.17. The zero-order valence-corrected chi connectivity index (χ0v) is 9.51. The second-order valence-corrected chi connectivity index (χ2v) is 5.35. The highest BCUT2D eigenvalue weighted by Gasteiger charge is 2.10. The molecule has 0 fully saturated rings. The summed E-state index contributed by atoms with van der Waals surface area (Å²) >= 11 is 0. The molecule has 78 valence electrons. The summed E-state index contributed by atoms with van der Waals surface area (Å²) < 4.78 is 11.7. The minimum absolute atomic E-state index is 0.0783. The number of benzene rings is 1. The van der Waals surface area contributed by atoms with Crippen LogP contribution < -0.4 is 5.73 Å². The molecule has 0 saturated heterocycles. The number of hydrogen-bond acceptors (Lipinski definition) is 2. The van der Waals surface area contributed by atoms with Gasteiger partial charge < -0.3 is 5.73 Å². The van der Waals surface area contributed by atoms with Crippen molar-refractivity contribution >= 4 is 10.8 Å². The number of hydrogen-bond donors (Lipinski definition) is 1. The monoisotopic (exact) mass is 211 g/mol. The maximum atomic E-state index is 11.7. The normalized spacial score (nSPS) is 15.1. The Kier molecular flexibility index (Phi) is 4.29. The van der Waals surface area contributed by atoms with Crippen LogP contribution in [0.4, 0.5) is 0 Å². The molecule has 0 bridgehead atoms. The van der Waals surface area contributed by atoms with Gasteiger partial charge in [0.1, 0.15) is 0 Å². The molecule has 3 heteroatoms. The Balaban J connectivity index is 2.70. The van der Waals surface area contributed by atoms with Crippen molar-refractivity contribution in [3.8, 4) is 0 Å². The molecule has 0 spiro atoms. The molecule has 0 aliphatic rings. The molecule has 0 aliphatic heterocycles. The van der Waals surface area contributed by atoms with Gasteiger partial charge in [-0.25, -0.2) is 0 Å². The van der Waals surface area contributed by atoms with Crippen molar-refractivity contribution in [3.63, 3.8) is 0 Å². The van der Waals surface area contributed by atoms with Gasteiger partial charge in [0.2, 0.25) is 0 Å². The fourth-order valence-corrected chi connectivity index (χ4v) is 2.30. The van der Waals surface area contributed by atoms with Gasteiger partial charge in [-0.3, -0.25) is 4.21 Å². The molecule has 0 saturated carbocycles. The molecule has 0 aliphatic carbocycles. The van der Waals surface area contributed by atoms with Gasteiger partial charge in [-0.05, 0) is 25.0 Å². The van der Waals surface area contributed by atoms with Crippen molar-refractivity contribution in [3.05, 3.63) is 35.4 Å². The van der Waals surface area contributed by atoms with E-state index in [4.69, 9.17) is 5.73 Å². The van der Waals surface area contributed by atoms with Crippen LogP contribution in [0, 0.1) is 6.92 Å². The van der Waals surface area contributed by atoms with Crippen LogP contribution in [0.1, 0.15) is 18.1 Å². The SMILES string of the molecule is Cc1ccccc1CS(=O)C(C)CN. The topological polar surface area (TPSA) is 43.1 Å². The summed E-state index contributed by atoms with van der Waals surface area (Å²) in [6.07, 6.45) is 0. The van der Waals surface area contributed by atoms with Gasteiger partial charge >= 0.3 is 0 Å². The third-order valence-electron chi connectivity index (χ3n) is 2.34. The Bertz CT molecular complexity index is 325. The van der Waals surface area contributed by atoms with E-state index in [2.05, 4.69) is 0 Å². The van der Waals surface area contributed by atoms with Crippen molar-refractivity contribution < 1.29 is 4.21 Å². The smallest absolute Gasteiger partial charge is 0.0491 e. The molecule has 0 aromatic heterocycles. The summed E-state index contributed by atoms with van der Waals surface area (Å²) in [6, 6.07) is 8.04. The van der Waals surface area contributed by atoms with Crippen LogP contribution in [0.3, 0.4) is 0 Å². The second kappa shape index (κ2) is 5.27. The lowest BCUT2D eigenvalue weighted by Crippen LogP contribution is -2.22. The summed E-state index contributed by atoms with van der Waals surface area (Å²) in [4.78, 5) is 0. The standard InChI is InChI=1S/C11H17NOS/c1-9-5-3-4-6-11(9)8-14(13)10(2)7-12/h3-6,10H,7-8,12H2,1-2H3. The highest BCUT2D eigenvalue weighted by Crippen LogP contribution is 2.11. The predicted octanol–water partition coefficient (Wildman–Crippen LogP) is 1.59. The first-order chi connectivity index (χ1) is 6.65. The molecule has 1 aromatic rings. The highest BCUT2D eigenvalue weighted by atomic mass is 32.2. The largest absolute Gasteiger partial charge is 0.329 e. The Morgan fingerprint density at radius 1 is 1.43 bits per heavy atom. The lowest BCUT2D eigenvalue weighted by molar-refractivity contribution is 0.672. The van der Waals surface area contributed by atoms with Gasteiger partial charge in [0.25, 0.3) is 0 Å². The molecule has 0 radical (unpaired) electrons. The van der Waals surface area contributed by atoms with Crippen molar-refractivity contribution in [2.24, 2.45) is 5.73 Å². The van der Waals surface area contributed by atoms with Crippen LogP contribution in [0.2, 0.25) is 0 Å². The molecule has 0 amide bonds. The van der Waals surface area contributed by atoms with Crippen molar-refractivity contribution in [1.29, 1.82) is 0 Å². The lowest BCUT2D eigenvalue weighted by atomic mass is 10.1. The van der Waals surface area contributed by atoms with Crippen molar-refractivity contribution in [2.75, 3.05) is 6.54 Å². The van der Waals surface area contributed by atoms with Crippen LogP contribution in [0.25, 0.3) is 0 Å². The van der Waals surface area contributed by atoms with Crippen molar-refractivity contribution in [1.82, 2.24) is 0 Å². The maximum Gasteiger partial charge on any atom is 0.0491 e. The van der Waals surface area contributed by atoms with Crippen molar-refractivity contribution in [2.45, 2.75) is 24.9 Å². The average molecular weight is 211 g/mol. The molecule has 1 rings (SSSR count). The minimum atomic E-state index is -0.851. The Morgan fingerprint density at radius 2 is 2.07 bits per heavy atom. The zero-order chi connectivity index (χ0) is 10.6. The van der Waals surface area contributed by atoms with Gasteiger partial charge in [-0.15, -0.1) is 0 Å². The first kappa shape index (κ1) is 11.4.